The van der Waals surface area contributed by atoms with Gasteiger partial charge in [0.05, 0.1) is 12.0 Å². The SMILES string of the molecule is COc1ccc([N+](=O)[O-])cc1COc1cccc(C)c1. The van der Waals surface area contributed by atoms with Crippen LogP contribution in [0.25, 0.3) is 0 Å². The van der Waals surface area contributed by atoms with Crippen LogP contribution in [0.1, 0.15) is 11.1 Å². The molecule has 0 saturated carbocycles. The minimum atomic E-state index is -0.435. The standard InChI is InChI=1S/C15H15NO4/c1-11-4-3-5-14(8-11)20-10-12-9-13(16(17)18)6-7-15(12)19-2/h3-9H,10H2,1-2H3. The lowest BCUT2D eigenvalue weighted by molar-refractivity contribution is -0.385. The van der Waals surface area contributed by atoms with E-state index in [1.54, 1.807) is 6.07 Å². The number of ether oxygens (including phenoxy) is 2. The summed E-state index contributed by atoms with van der Waals surface area (Å²) in [6.45, 7) is 2.19. The summed E-state index contributed by atoms with van der Waals surface area (Å²) in [5.74, 6) is 1.29. The van der Waals surface area contributed by atoms with Crippen molar-refractivity contribution < 1.29 is 14.4 Å². The third-order valence-electron chi connectivity index (χ3n) is 2.86. The van der Waals surface area contributed by atoms with Crippen LogP contribution in [0.15, 0.2) is 42.5 Å². The largest absolute Gasteiger partial charge is 0.496 e. The number of nitro benzene ring substituents is 1. The van der Waals surface area contributed by atoms with E-state index in [2.05, 4.69) is 0 Å². The number of hydrogen-bond acceptors (Lipinski definition) is 4. The average molecular weight is 273 g/mol. The molecule has 0 radical (unpaired) electrons. The normalized spacial score (nSPS) is 10.1. The smallest absolute Gasteiger partial charge is 0.270 e. The molecule has 0 bridgehead atoms. The molecule has 2 rings (SSSR count). The van der Waals surface area contributed by atoms with Gasteiger partial charge >= 0.3 is 0 Å². The van der Waals surface area contributed by atoms with E-state index >= 15 is 0 Å². The molecule has 0 N–H and O–H groups in total. The van der Waals surface area contributed by atoms with Gasteiger partial charge in [0.1, 0.15) is 18.1 Å². The first-order chi connectivity index (χ1) is 9.60. The van der Waals surface area contributed by atoms with Gasteiger partial charge in [0.2, 0.25) is 0 Å². The second-order valence-corrected chi connectivity index (χ2v) is 4.36. The minimum absolute atomic E-state index is 0.0219. The molecule has 2 aromatic carbocycles. The van der Waals surface area contributed by atoms with Crippen LogP contribution in [-0.4, -0.2) is 12.0 Å². The Hall–Kier alpha value is -2.56. The summed E-state index contributed by atoms with van der Waals surface area (Å²) in [6, 6.07) is 12.1. The molecule has 0 atom stereocenters. The fourth-order valence-corrected chi connectivity index (χ4v) is 1.86. The lowest BCUT2D eigenvalue weighted by Crippen LogP contribution is -2.00. The number of aryl methyl sites for hydroxylation is 1. The maximum atomic E-state index is 10.8. The Labute approximate surface area is 116 Å². The molecule has 0 saturated heterocycles. The molecule has 5 heteroatoms. The van der Waals surface area contributed by atoms with Gasteiger partial charge in [-0.25, -0.2) is 0 Å². The zero-order chi connectivity index (χ0) is 14.5. The first-order valence-corrected chi connectivity index (χ1v) is 6.11. The molecule has 0 aliphatic carbocycles. The van der Waals surface area contributed by atoms with Gasteiger partial charge in [-0.15, -0.1) is 0 Å². The van der Waals surface area contributed by atoms with Crippen molar-refractivity contribution in [2.75, 3.05) is 7.11 Å². The van der Waals surface area contributed by atoms with Crippen molar-refractivity contribution in [1.29, 1.82) is 0 Å². The van der Waals surface area contributed by atoms with Gasteiger partial charge in [-0.1, -0.05) is 12.1 Å². The molecule has 0 amide bonds. The Morgan fingerprint density at radius 1 is 1.20 bits per heavy atom. The number of nitrogens with zero attached hydrogens (tertiary/aromatic N) is 1. The van der Waals surface area contributed by atoms with Crippen LogP contribution in [0.2, 0.25) is 0 Å². The molecule has 20 heavy (non-hydrogen) atoms. The fraction of sp³-hybridized carbons (Fsp3) is 0.200. The quantitative estimate of drug-likeness (QED) is 0.618. The Balaban J connectivity index is 2.19. The van der Waals surface area contributed by atoms with E-state index in [0.29, 0.717) is 11.3 Å². The zero-order valence-corrected chi connectivity index (χ0v) is 11.3. The van der Waals surface area contributed by atoms with Crippen molar-refractivity contribution in [3.8, 4) is 11.5 Å². The predicted octanol–water partition coefficient (Wildman–Crippen LogP) is 3.49. The molecule has 2 aromatic rings. The number of benzene rings is 2. The highest BCUT2D eigenvalue weighted by Gasteiger charge is 2.11. The Bertz CT molecular complexity index is 625. The van der Waals surface area contributed by atoms with Gasteiger partial charge in [-0.05, 0) is 30.7 Å². The minimum Gasteiger partial charge on any atom is -0.496 e. The van der Waals surface area contributed by atoms with E-state index in [1.165, 1.54) is 19.2 Å². The van der Waals surface area contributed by atoms with Crippen molar-refractivity contribution >= 4 is 5.69 Å². The summed E-state index contributed by atoms with van der Waals surface area (Å²) >= 11 is 0. The second-order valence-electron chi connectivity index (χ2n) is 4.36. The van der Waals surface area contributed by atoms with E-state index in [-0.39, 0.29) is 12.3 Å². The molecule has 0 heterocycles. The molecule has 0 aliphatic heterocycles. The molecule has 0 fully saturated rings. The van der Waals surface area contributed by atoms with Crippen LogP contribution in [0.5, 0.6) is 11.5 Å². The van der Waals surface area contributed by atoms with E-state index in [0.717, 1.165) is 11.3 Å². The predicted molar refractivity (Wildman–Crippen MR) is 75.2 cm³/mol. The molecular weight excluding hydrogens is 258 g/mol. The number of methoxy groups -OCH3 is 1. The fourth-order valence-electron chi connectivity index (χ4n) is 1.86. The van der Waals surface area contributed by atoms with Gasteiger partial charge in [-0.3, -0.25) is 10.1 Å². The summed E-state index contributed by atoms with van der Waals surface area (Å²) in [6.07, 6.45) is 0. The van der Waals surface area contributed by atoms with Crippen LogP contribution < -0.4 is 9.47 Å². The van der Waals surface area contributed by atoms with E-state index in [1.807, 2.05) is 31.2 Å². The lowest BCUT2D eigenvalue weighted by atomic mass is 10.2. The monoisotopic (exact) mass is 273 g/mol. The van der Waals surface area contributed by atoms with E-state index < -0.39 is 4.92 Å². The number of hydrogen-bond donors (Lipinski definition) is 0. The Morgan fingerprint density at radius 3 is 2.65 bits per heavy atom. The van der Waals surface area contributed by atoms with Gasteiger partial charge in [0.25, 0.3) is 5.69 Å². The maximum Gasteiger partial charge on any atom is 0.270 e. The van der Waals surface area contributed by atoms with Crippen LogP contribution in [-0.2, 0) is 6.61 Å². The summed E-state index contributed by atoms with van der Waals surface area (Å²) in [4.78, 5) is 10.4. The van der Waals surface area contributed by atoms with Crippen molar-refractivity contribution in [2.45, 2.75) is 13.5 Å². The van der Waals surface area contributed by atoms with Crippen molar-refractivity contribution in [2.24, 2.45) is 0 Å². The number of non-ortho nitro benzene ring substituents is 1. The van der Waals surface area contributed by atoms with Gasteiger partial charge in [0.15, 0.2) is 0 Å². The first-order valence-electron chi connectivity index (χ1n) is 6.11. The highest BCUT2D eigenvalue weighted by molar-refractivity contribution is 5.43. The van der Waals surface area contributed by atoms with Crippen LogP contribution in [0.4, 0.5) is 5.69 Å². The summed E-state index contributed by atoms with van der Waals surface area (Å²) in [7, 11) is 1.53. The lowest BCUT2D eigenvalue weighted by Gasteiger charge is -2.10. The van der Waals surface area contributed by atoms with Crippen LogP contribution in [0, 0.1) is 17.0 Å². The maximum absolute atomic E-state index is 10.8. The highest BCUT2D eigenvalue weighted by Crippen LogP contribution is 2.25. The molecule has 5 nitrogen and oxygen atoms in total. The van der Waals surface area contributed by atoms with Crippen LogP contribution in [0.3, 0.4) is 0 Å². The Morgan fingerprint density at radius 2 is 2.00 bits per heavy atom. The van der Waals surface area contributed by atoms with Crippen molar-refractivity contribution in [3.63, 3.8) is 0 Å². The topological polar surface area (TPSA) is 61.6 Å². The van der Waals surface area contributed by atoms with E-state index in [4.69, 9.17) is 9.47 Å². The average Bonchev–Trinajstić information content (AvgIpc) is 2.44. The van der Waals surface area contributed by atoms with Gasteiger partial charge in [0, 0.05) is 17.7 Å². The van der Waals surface area contributed by atoms with Gasteiger partial charge in [-0.2, -0.15) is 0 Å². The summed E-state index contributed by atoms with van der Waals surface area (Å²) in [5, 5.41) is 10.8. The third-order valence-corrected chi connectivity index (χ3v) is 2.86. The highest BCUT2D eigenvalue weighted by atomic mass is 16.6. The molecule has 104 valence electrons. The van der Waals surface area contributed by atoms with Gasteiger partial charge < -0.3 is 9.47 Å². The number of nitro groups is 1. The van der Waals surface area contributed by atoms with Crippen LogP contribution >= 0.6 is 0 Å². The Kier molecular flexibility index (Phi) is 4.20. The second kappa shape index (κ2) is 6.06. The van der Waals surface area contributed by atoms with Crippen molar-refractivity contribution in [3.05, 3.63) is 63.7 Å². The summed E-state index contributed by atoms with van der Waals surface area (Å²) < 4.78 is 10.8. The first kappa shape index (κ1) is 13.9. The number of rotatable bonds is 5. The molecule has 0 aromatic heterocycles. The molecule has 0 spiro atoms. The summed E-state index contributed by atoms with van der Waals surface area (Å²) in [5.41, 5.74) is 1.75. The third kappa shape index (κ3) is 3.26. The molecular formula is C15H15NO4. The molecule has 0 aliphatic rings. The van der Waals surface area contributed by atoms with E-state index in [9.17, 15) is 10.1 Å². The zero-order valence-electron chi connectivity index (χ0n) is 11.3. The van der Waals surface area contributed by atoms with Crippen molar-refractivity contribution in [1.82, 2.24) is 0 Å². The molecule has 0 unspecified atom stereocenters.